The Kier molecular flexibility index (Phi) is 5.69. The summed E-state index contributed by atoms with van der Waals surface area (Å²) in [5, 5.41) is 12.1. The van der Waals surface area contributed by atoms with Crippen LogP contribution in [0.5, 0.6) is 0 Å². The van der Waals surface area contributed by atoms with Crippen LogP contribution in [-0.2, 0) is 14.4 Å². The van der Waals surface area contributed by atoms with Crippen molar-refractivity contribution in [1.29, 1.82) is 0 Å². The third-order valence-corrected chi connectivity index (χ3v) is 9.23. The van der Waals surface area contributed by atoms with Gasteiger partial charge in [0.05, 0.1) is 23.6 Å². The van der Waals surface area contributed by atoms with Gasteiger partial charge in [0.1, 0.15) is 6.04 Å². The van der Waals surface area contributed by atoms with Crippen molar-refractivity contribution in [2.45, 2.75) is 64.0 Å². The first kappa shape index (κ1) is 24.8. The summed E-state index contributed by atoms with van der Waals surface area (Å²) in [6, 6.07) is 8.90. The van der Waals surface area contributed by atoms with Crippen molar-refractivity contribution < 1.29 is 19.2 Å². The highest BCUT2D eigenvalue weighted by molar-refractivity contribution is 6.28. The van der Waals surface area contributed by atoms with E-state index in [1.807, 2.05) is 40.0 Å². The summed E-state index contributed by atoms with van der Waals surface area (Å²) in [6.45, 7) is 3.61. The fraction of sp³-hybridized carbons (Fsp3) is 0.433. The van der Waals surface area contributed by atoms with Crippen molar-refractivity contribution in [2.75, 3.05) is 23.3 Å². The second-order valence-corrected chi connectivity index (χ2v) is 11.8. The largest absolute Gasteiger partial charge is 0.352 e. The molecule has 1 atom stereocenters. The lowest BCUT2D eigenvalue weighted by atomic mass is 9.69. The van der Waals surface area contributed by atoms with Gasteiger partial charge >= 0.3 is 0 Å². The maximum atomic E-state index is 13.4. The molecule has 3 fully saturated rings. The van der Waals surface area contributed by atoms with Gasteiger partial charge in [0.2, 0.25) is 17.7 Å². The highest BCUT2D eigenvalue weighted by Crippen LogP contribution is 2.44. The van der Waals surface area contributed by atoms with E-state index < -0.39 is 11.9 Å². The molecule has 4 heterocycles. The third-order valence-electron chi connectivity index (χ3n) is 9.23. The molecule has 1 unspecified atom stereocenters. The Labute approximate surface area is 231 Å². The van der Waals surface area contributed by atoms with E-state index >= 15 is 0 Å². The molecule has 0 radical (unpaired) electrons. The van der Waals surface area contributed by atoms with E-state index in [-0.39, 0.29) is 29.7 Å². The van der Waals surface area contributed by atoms with Crippen LogP contribution in [0.3, 0.4) is 0 Å². The lowest BCUT2D eigenvalue weighted by molar-refractivity contribution is -0.147. The van der Waals surface area contributed by atoms with Gasteiger partial charge < -0.3 is 10.2 Å². The molecule has 2 aromatic carbocycles. The van der Waals surface area contributed by atoms with Crippen molar-refractivity contribution in [3.8, 4) is 0 Å². The topological polar surface area (TPSA) is 117 Å². The zero-order chi connectivity index (χ0) is 27.6. The molecule has 10 heteroatoms. The van der Waals surface area contributed by atoms with Gasteiger partial charge in [-0.05, 0) is 50.3 Å². The van der Waals surface area contributed by atoms with E-state index in [9.17, 15) is 19.2 Å². The van der Waals surface area contributed by atoms with Crippen molar-refractivity contribution >= 4 is 51.5 Å². The van der Waals surface area contributed by atoms with E-state index in [1.54, 1.807) is 12.3 Å². The van der Waals surface area contributed by atoms with Crippen molar-refractivity contribution in [3.05, 3.63) is 48.3 Å². The maximum Gasteiger partial charge on any atom is 0.259 e. The predicted molar refractivity (Wildman–Crippen MR) is 149 cm³/mol. The Balaban J connectivity index is 1.09. The molecule has 3 aliphatic heterocycles. The number of amides is 4. The van der Waals surface area contributed by atoms with Gasteiger partial charge in [-0.3, -0.25) is 34.1 Å². The second-order valence-electron chi connectivity index (χ2n) is 11.8. The van der Waals surface area contributed by atoms with Crippen molar-refractivity contribution in [1.82, 2.24) is 20.0 Å². The van der Waals surface area contributed by atoms with Crippen LogP contribution in [0.1, 0.15) is 68.3 Å². The van der Waals surface area contributed by atoms with Crippen LogP contribution in [0.2, 0.25) is 0 Å². The molecular weight excluding hydrogens is 508 g/mol. The second kappa shape index (κ2) is 9.18. The number of hydrogen-bond donors (Lipinski definition) is 2. The zero-order valence-electron chi connectivity index (χ0n) is 22.5. The van der Waals surface area contributed by atoms with Gasteiger partial charge in [-0.1, -0.05) is 25.5 Å². The van der Waals surface area contributed by atoms with Crippen LogP contribution >= 0.6 is 0 Å². The molecule has 0 spiro atoms. The standard InChI is InChI=1S/C30H32N6O4/c1-30(12-3-13-30)29(40)34-14-10-19(11-15-34)35-17-18(16-31-35)32-22-6-7-23-26-20(22)4-2-5-21(26)28(39)36(23)24-8-9-25(37)33-27(24)38/h2,4-7,16-17,19,24,32H,3,8-15H2,1H3,(H,33,37,38). The number of aromatic nitrogens is 2. The van der Waals surface area contributed by atoms with E-state index in [0.717, 1.165) is 67.3 Å². The SMILES string of the molecule is CC1(C(=O)N2CCC(n3cc(Nc4ccc5c6c(cccc46)C(=O)N5C4CCC(=O)NC4=O)cn3)CC2)CCC1. The van der Waals surface area contributed by atoms with Gasteiger partial charge in [0.25, 0.3) is 5.91 Å². The van der Waals surface area contributed by atoms with Crippen molar-refractivity contribution in [3.63, 3.8) is 0 Å². The normalized spacial score (nSPS) is 22.4. The average Bonchev–Trinajstić information content (AvgIpc) is 3.52. The fourth-order valence-corrected chi connectivity index (χ4v) is 6.75. The summed E-state index contributed by atoms with van der Waals surface area (Å²) in [5.41, 5.74) is 2.76. The molecular formula is C30H32N6O4. The highest BCUT2D eigenvalue weighted by atomic mass is 16.2. The molecule has 1 saturated carbocycles. The first-order valence-corrected chi connectivity index (χ1v) is 14.2. The lowest BCUT2D eigenvalue weighted by Gasteiger charge is -2.43. The Bertz CT molecular complexity index is 1570. The quantitative estimate of drug-likeness (QED) is 0.474. The van der Waals surface area contributed by atoms with Gasteiger partial charge in [-0.15, -0.1) is 0 Å². The Morgan fingerprint density at radius 3 is 2.60 bits per heavy atom. The molecule has 2 N–H and O–H groups in total. The van der Waals surface area contributed by atoms with Gasteiger partial charge in [0.15, 0.2) is 0 Å². The molecule has 7 rings (SSSR count). The summed E-state index contributed by atoms with van der Waals surface area (Å²) >= 11 is 0. The number of nitrogens with zero attached hydrogens (tertiary/aromatic N) is 4. The van der Waals surface area contributed by atoms with Crippen molar-refractivity contribution in [2.24, 2.45) is 5.41 Å². The van der Waals surface area contributed by atoms with E-state index in [1.165, 1.54) is 4.90 Å². The number of rotatable bonds is 5. The minimum Gasteiger partial charge on any atom is -0.352 e. The zero-order valence-corrected chi connectivity index (χ0v) is 22.5. The van der Waals surface area contributed by atoms with E-state index in [0.29, 0.717) is 23.6 Å². The molecule has 206 valence electrons. The number of piperidine rings is 2. The third kappa shape index (κ3) is 3.88. The Morgan fingerprint density at radius 2 is 1.88 bits per heavy atom. The number of hydrogen-bond acceptors (Lipinski definition) is 6. The minimum absolute atomic E-state index is 0.154. The lowest BCUT2D eigenvalue weighted by Crippen LogP contribution is -2.53. The van der Waals surface area contributed by atoms with Crippen LogP contribution in [0.4, 0.5) is 17.1 Å². The molecule has 3 aromatic rings. The van der Waals surface area contributed by atoms with E-state index in [4.69, 9.17) is 0 Å². The molecule has 10 nitrogen and oxygen atoms in total. The molecule has 4 aliphatic rings. The number of nitrogens with one attached hydrogen (secondary N) is 2. The molecule has 1 aliphatic carbocycles. The van der Waals surface area contributed by atoms with Crippen LogP contribution in [-0.4, -0.2) is 57.4 Å². The summed E-state index contributed by atoms with van der Waals surface area (Å²) in [5.74, 6) is -0.664. The Hall–Kier alpha value is -4.21. The molecule has 1 aromatic heterocycles. The maximum absolute atomic E-state index is 13.4. The number of likely N-dealkylation sites (tertiary alicyclic amines) is 1. The molecule has 2 saturated heterocycles. The molecule has 4 amide bonds. The van der Waals surface area contributed by atoms with Crippen LogP contribution in [0.25, 0.3) is 10.8 Å². The number of carbonyl (C=O) groups excluding carboxylic acids is 4. The average molecular weight is 541 g/mol. The summed E-state index contributed by atoms with van der Waals surface area (Å²) in [4.78, 5) is 54.1. The number of carbonyl (C=O) groups is 4. The first-order chi connectivity index (χ1) is 19.3. The van der Waals surface area contributed by atoms with E-state index in [2.05, 4.69) is 22.7 Å². The number of imide groups is 1. The van der Waals surface area contributed by atoms with Gasteiger partial charge in [0, 0.05) is 53.1 Å². The summed E-state index contributed by atoms with van der Waals surface area (Å²) in [7, 11) is 0. The van der Waals surface area contributed by atoms with Gasteiger partial charge in [-0.25, -0.2) is 0 Å². The van der Waals surface area contributed by atoms with Crippen LogP contribution < -0.4 is 15.5 Å². The fourth-order valence-electron chi connectivity index (χ4n) is 6.75. The number of benzene rings is 2. The first-order valence-electron chi connectivity index (χ1n) is 14.2. The highest BCUT2D eigenvalue weighted by Gasteiger charge is 2.43. The smallest absolute Gasteiger partial charge is 0.259 e. The minimum atomic E-state index is -0.712. The predicted octanol–water partition coefficient (Wildman–Crippen LogP) is 3.90. The monoisotopic (exact) mass is 540 g/mol. The summed E-state index contributed by atoms with van der Waals surface area (Å²) < 4.78 is 1.99. The summed E-state index contributed by atoms with van der Waals surface area (Å²) in [6.07, 6.45) is 9.21. The number of anilines is 3. The molecule has 0 bridgehead atoms. The Morgan fingerprint density at radius 1 is 1.07 bits per heavy atom. The molecule has 40 heavy (non-hydrogen) atoms. The van der Waals surface area contributed by atoms with Gasteiger partial charge in [-0.2, -0.15) is 5.10 Å². The van der Waals surface area contributed by atoms with Crippen LogP contribution in [0.15, 0.2) is 42.7 Å². The van der Waals surface area contributed by atoms with Crippen LogP contribution in [0, 0.1) is 5.41 Å².